The summed E-state index contributed by atoms with van der Waals surface area (Å²) in [5, 5.41) is 0. The molecule has 0 saturated carbocycles. The van der Waals surface area contributed by atoms with Crippen molar-refractivity contribution in [1.82, 2.24) is 4.98 Å². The van der Waals surface area contributed by atoms with Crippen molar-refractivity contribution in [2.75, 3.05) is 13.2 Å². The van der Waals surface area contributed by atoms with E-state index in [1.165, 1.54) is 6.07 Å². The molecule has 0 spiro atoms. The molecule has 1 saturated heterocycles. The second kappa shape index (κ2) is 4.75. The average Bonchev–Trinajstić information content (AvgIpc) is 2.30. The second-order valence-corrected chi connectivity index (χ2v) is 4.70. The summed E-state index contributed by atoms with van der Waals surface area (Å²) in [7, 11) is 0. The van der Waals surface area contributed by atoms with Crippen molar-refractivity contribution in [3.8, 4) is 0 Å². The molecule has 0 aliphatic carbocycles. The minimum Gasteiger partial charge on any atom is -0.381 e. The largest absolute Gasteiger partial charge is 0.381 e. The van der Waals surface area contributed by atoms with Gasteiger partial charge in [0.1, 0.15) is 10.3 Å². The number of ether oxygens (including phenoxy) is 1. The van der Waals surface area contributed by atoms with Gasteiger partial charge in [-0.25, -0.2) is 4.98 Å². The minimum atomic E-state index is -2.91. The van der Waals surface area contributed by atoms with Gasteiger partial charge in [-0.15, -0.1) is 0 Å². The Morgan fingerprint density at radius 2 is 2.25 bits per heavy atom. The number of nitrogens with zero attached hydrogens (tertiary/aromatic N) is 1. The van der Waals surface area contributed by atoms with Crippen LogP contribution in [0.15, 0.2) is 22.8 Å². The van der Waals surface area contributed by atoms with Gasteiger partial charge in [0.05, 0.1) is 12.5 Å². The number of hydrogen-bond donors (Lipinski definition) is 0. The fourth-order valence-corrected chi connectivity index (χ4v) is 2.17. The van der Waals surface area contributed by atoms with Gasteiger partial charge in [-0.2, -0.15) is 8.78 Å². The Morgan fingerprint density at radius 1 is 1.44 bits per heavy atom. The van der Waals surface area contributed by atoms with E-state index >= 15 is 0 Å². The van der Waals surface area contributed by atoms with Crippen LogP contribution >= 0.6 is 15.9 Å². The van der Waals surface area contributed by atoms with E-state index in [9.17, 15) is 8.78 Å². The monoisotopic (exact) mass is 291 g/mol. The first-order chi connectivity index (χ1) is 7.60. The smallest absolute Gasteiger partial charge is 0.294 e. The van der Waals surface area contributed by atoms with Crippen LogP contribution in [0.25, 0.3) is 0 Å². The molecule has 2 nitrogen and oxygen atoms in total. The van der Waals surface area contributed by atoms with Crippen LogP contribution in [0.1, 0.15) is 18.5 Å². The van der Waals surface area contributed by atoms with Crippen molar-refractivity contribution in [3.05, 3.63) is 28.5 Å². The first-order valence-electron chi connectivity index (χ1n) is 5.19. The molecule has 1 unspecified atom stereocenters. The summed E-state index contributed by atoms with van der Waals surface area (Å²) in [4.78, 5) is 3.83. The summed E-state index contributed by atoms with van der Waals surface area (Å²) >= 11 is 3.10. The van der Waals surface area contributed by atoms with Gasteiger partial charge in [0.2, 0.25) is 0 Å². The first kappa shape index (κ1) is 11.9. The van der Waals surface area contributed by atoms with Crippen molar-refractivity contribution < 1.29 is 13.5 Å². The van der Waals surface area contributed by atoms with Crippen LogP contribution in [0.4, 0.5) is 8.78 Å². The Kier molecular flexibility index (Phi) is 3.54. The van der Waals surface area contributed by atoms with Crippen LogP contribution in [0.5, 0.6) is 0 Å². The summed E-state index contributed by atoms with van der Waals surface area (Å²) < 4.78 is 33.6. The Labute approximate surface area is 101 Å². The lowest BCUT2D eigenvalue weighted by atomic mass is 9.92. The lowest BCUT2D eigenvalue weighted by molar-refractivity contribution is -0.117. The molecule has 0 aromatic carbocycles. The molecule has 1 aromatic heterocycles. The van der Waals surface area contributed by atoms with Crippen molar-refractivity contribution in [3.63, 3.8) is 0 Å². The highest BCUT2D eigenvalue weighted by atomic mass is 79.9. The van der Waals surface area contributed by atoms with E-state index in [-0.39, 0.29) is 12.3 Å². The van der Waals surface area contributed by atoms with Gasteiger partial charge in [0.25, 0.3) is 5.92 Å². The molecular weight excluding hydrogens is 280 g/mol. The minimum absolute atomic E-state index is 0.112. The molecule has 0 bridgehead atoms. The third-order valence-corrected chi connectivity index (χ3v) is 3.17. The molecular formula is C11H12BrF2NO. The lowest BCUT2D eigenvalue weighted by Gasteiger charge is -2.29. The zero-order valence-corrected chi connectivity index (χ0v) is 10.2. The predicted molar refractivity (Wildman–Crippen MR) is 59.4 cm³/mol. The van der Waals surface area contributed by atoms with Crippen molar-refractivity contribution in [2.24, 2.45) is 5.92 Å². The van der Waals surface area contributed by atoms with Gasteiger partial charge in [-0.05, 0) is 40.9 Å². The molecule has 0 radical (unpaired) electrons. The molecule has 2 heterocycles. The standard InChI is InChI=1S/C11H12BrF2NO/c12-10-5-1-4-9(15-10)11(13,14)8-3-2-6-16-7-8/h1,4-5,8H,2-3,6-7H2. The van der Waals surface area contributed by atoms with E-state index in [0.29, 0.717) is 24.1 Å². The van der Waals surface area contributed by atoms with E-state index in [2.05, 4.69) is 20.9 Å². The number of alkyl halides is 2. The molecule has 1 fully saturated rings. The first-order valence-corrected chi connectivity index (χ1v) is 5.98. The van der Waals surface area contributed by atoms with Gasteiger partial charge in [-0.1, -0.05) is 6.07 Å². The van der Waals surface area contributed by atoms with Crippen molar-refractivity contribution in [1.29, 1.82) is 0 Å². The van der Waals surface area contributed by atoms with Crippen LogP contribution < -0.4 is 0 Å². The number of pyridine rings is 1. The summed E-state index contributed by atoms with van der Waals surface area (Å²) in [5.41, 5.74) is -0.183. The molecule has 16 heavy (non-hydrogen) atoms. The summed E-state index contributed by atoms with van der Waals surface area (Å²) in [6.07, 6.45) is 1.18. The Hall–Kier alpha value is -0.550. The maximum absolute atomic E-state index is 14.1. The van der Waals surface area contributed by atoms with E-state index in [1.54, 1.807) is 12.1 Å². The lowest BCUT2D eigenvalue weighted by Crippen LogP contribution is -2.33. The van der Waals surface area contributed by atoms with Gasteiger partial charge >= 0.3 is 0 Å². The molecule has 88 valence electrons. The number of hydrogen-bond acceptors (Lipinski definition) is 2. The van der Waals surface area contributed by atoms with Crippen LogP contribution in [0.2, 0.25) is 0 Å². The summed E-state index contributed by atoms with van der Waals surface area (Å²) in [6.45, 7) is 0.694. The predicted octanol–water partition coefficient (Wildman–Crippen LogP) is 3.36. The summed E-state index contributed by atoms with van der Waals surface area (Å²) in [6, 6.07) is 4.57. The van der Waals surface area contributed by atoms with Gasteiger partial charge in [0, 0.05) is 6.61 Å². The van der Waals surface area contributed by atoms with E-state index in [4.69, 9.17) is 4.74 Å². The Balaban J connectivity index is 2.22. The van der Waals surface area contributed by atoms with Gasteiger partial charge in [0.15, 0.2) is 0 Å². The van der Waals surface area contributed by atoms with E-state index in [0.717, 1.165) is 0 Å². The molecule has 2 rings (SSSR count). The third-order valence-electron chi connectivity index (χ3n) is 2.73. The van der Waals surface area contributed by atoms with Crippen LogP contribution in [-0.4, -0.2) is 18.2 Å². The summed E-state index contributed by atoms with van der Waals surface area (Å²) in [5.74, 6) is -3.67. The highest BCUT2D eigenvalue weighted by Crippen LogP contribution is 2.39. The van der Waals surface area contributed by atoms with Crippen molar-refractivity contribution >= 4 is 15.9 Å². The molecule has 1 aromatic rings. The molecule has 0 N–H and O–H groups in total. The maximum Gasteiger partial charge on any atom is 0.294 e. The zero-order valence-electron chi connectivity index (χ0n) is 8.63. The average molecular weight is 292 g/mol. The topological polar surface area (TPSA) is 22.1 Å². The molecule has 1 atom stereocenters. The molecule has 1 aliphatic heterocycles. The van der Waals surface area contributed by atoms with Gasteiger partial charge in [-0.3, -0.25) is 0 Å². The normalized spacial score (nSPS) is 22.1. The highest BCUT2D eigenvalue weighted by molar-refractivity contribution is 9.10. The molecule has 1 aliphatic rings. The van der Waals surface area contributed by atoms with E-state index < -0.39 is 11.8 Å². The SMILES string of the molecule is FC(F)(c1cccc(Br)n1)C1CCCOC1. The molecule has 0 amide bonds. The fourth-order valence-electron chi connectivity index (χ4n) is 1.83. The second-order valence-electron chi connectivity index (χ2n) is 3.88. The molecule has 5 heteroatoms. The van der Waals surface area contributed by atoms with Crippen LogP contribution in [-0.2, 0) is 10.7 Å². The van der Waals surface area contributed by atoms with E-state index in [1.807, 2.05) is 0 Å². The van der Waals surface area contributed by atoms with Crippen molar-refractivity contribution in [2.45, 2.75) is 18.8 Å². The maximum atomic E-state index is 14.1. The Bertz CT molecular complexity index is 367. The quantitative estimate of drug-likeness (QED) is 0.780. The van der Waals surface area contributed by atoms with Crippen LogP contribution in [0.3, 0.4) is 0 Å². The van der Waals surface area contributed by atoms with Gasteiger partial charge < -0.3 is 4.74 Å². The number of rotatable bonds is 2. The zero-order chi connectivity index (χ0) is 11.6. The Morgan fingerprint density at radius 3 is 2.88 bits per heavy atom. The number of aromatic nitrogens is 1. The third kappa shape index (κ3) is 2.40. The fraction of sp³-hybridized carbons (Fsp3) is 0.545. The number of halogens is 3. The highest BCUT2D eigenvalue weighted by Gasteiger charge is 2.43. The van der Waals surface area contributed by atoms with Crippen LogP contribution in [0, 0.1) is 5.92 Å².